The van der Waals surface area contributed by atoms with Gasteiger partial charge in [-0.25, -0.2) is 0 Å². The van der Waals surface area contributed by atoms with Crippen molar-refractivity contribution in [1.29, 1.82) is 0 Å². The first-order valence-corrected chi connectivity index (χ1v) is 4.61. The van der Waals surface area contributed by atoms with Crippen molar-refractivity contribution in [3.8, 4) is 0 Å². The first-order valence-electron chi connectivity index (χ1n) is 4.03. The van der Waals surface area contributed by atoms with Crippen LogP contribution in [0.5, 0.6) is 0 Å². The minimum Gasteiger partial charge on any atom is -0.295 e. The lowest BCUT2D eigenvalue weighted by Crippen LogP contribution is -2.00. The molecule has 0 aliphatic heterocycles. The van der Waals surface area contributed by atoms with Gasteiger partial charge in [0.15, 0.2) is 0 Å². The second kappa shape index (κ2) is 3.77. The van der Waals surface area contributed by atoms with E-state index in [1.165, 1.54) is 0 Å². The number of rotatable bonds is 2. The summed E-state index contributed by atoms with van der Waals surface area (Å²) >= 11 is 0. The number of aromatic nitrogens is 2. The monoisotopic (exact) mass is 191 g/mol. The van der Waals surface area contributed by atoms with Crippen molar-refractivity contribution in [2.24, 2.45) is 0 Å². The van der Waals surface area contributed by atoms with Crippen LogP contribution in [-0.2, 0) is 6.54 Å². The second-order valence-corrected chi connectivity index (χ2v) is 3.16. The largest absolute Gasteiger partial charge is 0.295 e. The van der Waals surface area contributed by atoms with Gasteiger partial charge in [0, 0.05) is 24.3 Å². The normalized spacial score (nSPS) is 10.5. The van der Waals surface area contributed by atoms with Crippen LogP contribution in [0, 0.1) is 0 Å². The molecule has 2 rings (SSSR count). The summed E-state index contributed by atoms with van der Waals surface area (Å²) in [6.07, 6.45) is 3.64. The van der Waals surface area contributed by atoms with Crippen LogP contribution < -0.4 is 5.09 Å². The van der Waals surface area contributed by atoms with Gasteiger partial charge in [0.25, 0.3) is 0 Å². The zero-order valence-corrected chi connectivity index (χ0v) is 8.22. The van der Waals surface area contributed by atoms with Crippen molar-refractivity contribution in [1.82, 2.24) is 15.1 Å². The zero-order valence-electron chi connectivity index (χ0n) is 7.07. The highest BCUT2D eigenvalue weighted by molar-refractivity contribution is 7.13. The highest BCUT2D eigenvalue weighted by Gasteiger charge is 1.96. The van der Waals surface area contributed by atoms with Crippen LogP contribution in [0.1, 0.15) is 5.69 Å². The zero-order chi connectivity index (χ0) is 9.10. The Morgan fingerprint density at radius 1 is 1.38 bits per heavy atom. The molecule has 66 valence electrons. The van der Waals surface area contributed by atoms with E-state index in [0.29, 0.717) is 0 Å². The van der Waals surface area contributed by atoms with Gasteiger partial charge in [-0.2, -0.15) is 0 Å². The van der Waals surface area contributed by atoms with Crippen molar-refractivity contribution >= 4 is 20.3 Å². The Kier molecular flexibility index (Phi) is 2.48. The number of pyridine rings is 2. The lowest BCUT2D eigenvalue weighted by Gasteiger charge is -2.00. The number of nitrogens with one attached hydrogen (secondary N) is 1. The molecule has 1 unspecified atom stereocenters. The molecule has 0 spiro atoms. The molecule has 0 amide bonds. The molecule has 0 bridgehead atoms. The third-order valence-corrected chi connectivity index (χ3v) is 2.03. The van der Waals surface area contributed by atoms with Crippen molar-refractivity contribution in [2.75, 3.05) is 0 Å². The van der Waals surface area contributed by atoms with E-state index in [1.807, 2.05) is 24.4 Å². The first-order chi connectivity index (χ1) is 6.40. The van der Waals surface area contributed by atoms with E-state index in [-0.39, 0.29) is 0 Å². The molecular weight excluding hydrogens is 181 g/mol. The fourth-order valence-electron chi connectivity index (χ4n) is 1.21. The smallest absolute Gasteiger partial charge is 0.0736 e. The van der Waals surface area contributed by atoms with Crippen LogP contribution in [0.15, 0.2) is 30.6 Å². The molecular formula is C9H10N3P. The Balaban J connectivity index is 2.49. The van der Waals surface area contributed by atoms with Gasteiger partial charge in [0.1, 0.15) is 0 Å². The van der Waals surface area contributed by atoms with Crippen LogP contribution in [0.3, 0.4) is 0 Å². The number of fused-ring (bicyclic) bond motifs is 1. The third-order valence-electron chi connectivity index (χ3n) is 1.83. The molecule has 3 nitrogen and oxygen atoms in total. The first kappa shape index (κ1) is 8.54. The van der Waals surface area contributed by atoms with Crippen molar-refractivity contribution in [3.05, 3.63) is 36.3 Å². The van der Waals surface area contributed by atoms with Crippen LogP contribution >= 0.6 is 9.39 Å². The Labute approximate surface area is 78.9 Å². The average Bonchev–Trinajstić information content (AvgIpc) is 2.18. The van der Waals surface area contributed by atoms with Gasteiger partial charge in [-0.05, 0) is 18.2 Å². The minimum atomic E-state index is 0.747. The molecule has 0 aliphatic rings. The summed E-state index contributed by atoms with van der Waals surface area (Å²) in [4.78, 5) is 8.53. The van der Waals surface area contributed by atoms with Crippen molar-refractivity contribution in [2.45, 2.75) is 6.54 Å². The molecule has 0 radical (unpaired) electrons. The maximum Gasteiger partial charge on any atom is 0.0736 e. The molecule has 2 aromatic heterocycles. The highest BCUT2D eigenvalue weighted by atomic mass is 31.0. The summed E-state index contributed by atoms with van der Waals surface area (Å²) < 4.78 is 0. The van der Waals surface area contributed by atoms with Crippen LogP contribution in [0.2, 0.25) is 0 Å². The molecule has 2 heterocycles. The summed E-state index contributed by atoms with van der Waals surface area (Å²) in [7, 11) is 2.45. The summed E-state index contributed by atoms with van der Waals surface area (Å²) in [6, 6.07) is 5.91. The maximum absolute atomic E-state index is 4.28. The standard InChI is InChI=1S/C9H10N3P/c13-12-6-8-4-9-7(5-11-8)2-1-3-10-9/h1-5,12H,6,13H2. The van der Waals surface area contributed by atoms with Crippen LogP contribution in [-0.4, -0.2) is 9.97 Å². The number of nitrogens with zero attached hydrogens (tertiary/aromatic N) is 2. The number of hydrogen-bond donors (Lipinski definition) is 1. The Morgan fingerprint density at radius 3 is 3.15 bits per heavy atom. The molecule has 0 fully saturated rings. The SMILES string of the molecule is PNCc1cc2ncccc2cn1. The fraction of sp³-hybridized carbons (Fsp3) is 0.111. The van der Waals surface area contributed by atoms with Gasteiger partial charge in [-0.1, -0.05) is 9.39 Å². The summed E-state index contributed by atoms with van der Waals surface area (Å²) in [5.41, 5.74) is 1.99. The molecule has 0 aromatic carbocycles. The van der Waals surface area contributed by atoms with Gasteiger partial charge < -0.3 is 0 Å². The number of hydrogen-bond acceptors (Lipinski definition) is 3. The van der Waals surface area contributed by atoms with E-state index in [0.717, 1.165) is 23.1 Å². The Morgan fingerprint density at radius 2 is 2.31 bits per heavy atom. The van der Waals surface area contributed by atoms with E-state index in [2.05, 4.69) is 24.4 Å². The van der Waals surface area contributed by atoms with Gasteiger partial charge in [-0.3, -0.25) is 15.1 Å². The van der Waals surface area contributed by atoms with Gasteiger partial charge >= 0.3 is 0 Å². The second-order valence-electron chi connectivity index (χ2n) is 2.75. The van der Waals surface area contributed by atoms with Crippen molar-refractivity contribution in [3.63, 3.8) is 0 Å². The van der Waals surface area contributed by atoms with E-state index < -0.39 is 0 Å². The van der Waals surface area contributed by atoms with Crippen molar-refractivity contribution < 1.29 is 0 Å². The van der Waals surface area contributed by atoms with Crippen LogP contribution in [0.4, 0.5) is 0 Å². The van der Waals surface area contributed by atoms with E-state index >= 15 is 0 Å². The van der Waals surface area contributed by atoms with Gasteiger partial charge in [-0.15, -0.1) is 0 Å². The fourth-order valence-corrected chi connectivity index (χ4v) is 1.42. The van der Waals surface area contributed by atoms with E-state index in [9.17, 15) is 0 Å². The molecule has 2 aromatic rings. The molecule has 1 atom stereocenters. The highest BCUT2D eigenvalue weighted by Crippen LogP contribution is 2.10. The molecule has 0 aliphatic carbocycles. The Hall–Kier alpha value is -1.05. The van der Waals surface area contributed by atoms with E-state index in [1.54, 1.807) is 6.20 Å². The molecule has 0 saturated carbocycles. The topological polar surface area (TPSA) is 37.8 Å². The molecule has 0 saturated heterocycles. The predicted octanol–water partition coefficient (Wildman–Crippen LogP) is 1.51. The van der Waals surface area contributed by atoms with E-state index in [4.69, 9.17) is 0 Å². The van der Waals surface area contributed by atoms with Gasteiger partial charge in [0.2, 0.25) is 0 Å². The minimum absolute atomic E-state index is 0.747. The van der Waals surface area contributed by atoms with Crippen LogP contribution in [0.25, 0.3) is 10.9 Å². The average molecular weight is 191 g/mol. The molecule has 13 heavy (non-hydrogen) atoms. The van der Waals surface area contributed by atoms with Gasteiger partial charge in [0.05, 0.1) is 11.2 Å². The summed E-state index contributed by atoms with van der Waals surface area (Å²) in [6.45, 7) is 0.747. The lowest BCUT2D eigenvalue weighted by atomic mass is 10.2. The third kappa shape index (κ3) is 1.82. The molecule has 1 N–H and O–H groups in total. The quantitative estimate of drug-likeness (QED) is 0.731. The summed E-state index contributed by atoms with van der Waals surface area (Å²) in [5.74, 6) is 0. The molecule has 4 heteroatoms. The predicted molar refractivity (Wildman–Crippen MR) is 56.1 cm³/mol. The lowest BCUT2D eigenvalue weighted by molar-refractivity contribution is 0.926. The Bertz CT molecular complexity index is 416. The maximum atomic E-state index is 4.28. The summed E-state index contributed by atoms with van der Waals surface area (Å²) in [5, 5.41) is 4.05.